The van der Waals surface area contributed by atoms with Crippen LogP contribution in [0.5, 0.6) is 0 Å². The summed E-state index contributed by atoms with van der Waals surface area (Å²) in [7, 11) is 1.77. The van der Waals surface area contributed by atoms with Crippen LogP contribution in [0.15, 0.2) is 12.1 Å². The second kappa shape index (κ2) is 6.10. The smallest absolute Gasteiger partial charge is 0.129 e. The maximum Gasteiger partial charge on any atom is 0.129 e. The lowest BCUT2D eigenvalue weighted by Crippen LogP contribution is -2.40. The van der Waals surface area contributed by atoms with E-state index in [-0.39, 0.29) is 18.1 Å². The fourth-order valence-electron chi connectivity index (χ4n) is 2.55. The molecule has 4 heteroatoms. The van der Waals surface area contributed by atoms with Crippen LogP contribution in [0, 0.1) is 0 Å². The van der Waals surface area contributed by atoms with Crippen molar-refractivity contribution in [3.8, 4) is 0 Å². The number of aromatic nitrogens is 1. The summed E-state index contributed by atoms with van der Waals surface area (Å²) >= 11 is 0. The zero-order chi connectivity index (χ0) is 14.8. The number of nitrogens with zero attached hydrogens (tertiary/aromatic N) is 2. The molecule has 1 N–H and O–H groups in total. The maximum atomic E-state index is 9.48. The van der Waals surface area contributed by atoms with E-state index in [4.69, 9.17) is 9.72 Å². The third kappa shape index (κ3) is 3.49. The van der Waals surface area contributed by atoms with E-state index in [0.717, 1.165) is 43.0 Å². The second-order valence-corrected chi connectivity index (χ2v) is 6.57. The third-order valence-corrected chi connectivity index (χ3v) is 3.86. The van der Waals surface area contributed by atoms with Crippen LogP contribution in [0.25, 0.3) is 0 Å². The second-order valence-electron chi connectivity index (χ2n) is 6.57. The molecule has 1 aromatic rings. The maximum absolute atomic E-state index is 9.48. The van der Waals surface area contributed by atoms with E-state index in [9.17, 15) is 5.11 Å². The largest absolute Gasteiger partial charge is 0.392 e. The highest BCUT2D eigenvalue weighted by Gasteiger charge is 2.23. The molecule has 0 amide bonds. The van der Waals surface area contributed by atoms with E-state index >= 15 is 0 Å². The van der Waals surface area contributed by atoms with Crippen molar-refractivity contribution < 1.29 is 9.84 Å². The summed E-state index contributed by atoms with van der Waals surface area (Å²) in [5.74, 6) is 0.961. The Morgan fingerprint density at radius 2 is 2.15 bits per heavy atom. The van der Waals surface area contributed by atoms with E-state index in [1.54, 1.807) is 7.11 Å². The van der Waals surface area contributed by atoms with Gasteiger partial charge < -0.3 is 14.7 Å². The quantitative estimate of drug-likeness (QED) is 0.922. The number of rotatable bonds is 3. The third-order valence-electron chi connectivity index (χ3n) is 3.86. The SMILES string of the molecule is COC1CCCN(c2cc(CO)cc(C(C)(C)C)n2)C1. The molecule has 4 nitrogen and oxygen atoms in total. The molecule has 0 aromatic carbocycles. The molecule has 2 heterocycles. The van der Waals surface area contributed by atoms with Crippen LogP contribution in [-0.2, 0) is 16.8 Å². The molecule has 20 heavy (non-hydrogen) atoms. The molecule has 0 spiro atoms. The number of aliphatic hydroxyl groups excluding tert-OH is 1. The lowest BCUT2D eigenvalue weighted by atomic mass is 9.90. The minimum Gasteiger partial charge on any atom is -0.392 e. The number of hydrogen-bond acceptors (Lipinski definition) is 4. The van der Waals surface area contributed by atoms with Crippen LogP contribution in [-0.4, -0.2) is 36.4 Å². The molecule has 1 aliphatic rings. The highest BCUT2D eigenvalue weighted by atomic mass is 16.5. The Hall–Kier alpha value is -1.13. The molecule has 0 radical (unpaired) electrons. The fraction of sp³-hybridized carbons (Fsp3) is 0.688. The molecule has 1 aromatic heterocycles. The molecule has 1 aliphatic heterocycles. The summed E-state index contributed by atoms with van der Waals surface area (Å²) in [5, 5.41) is 9.48. The van der Waals surface area contributed by atoms with Crippen LogP contribution in [0.1, 0.15) is 44.9 Å². The Balaban J connectivity index is 2.30. The lowest BCUT2D eigenvalue weighted by molar-refractivity contribution is 0.0891. The Morgan fingerprint density at radius 1 is 1.40 bits per heavy atom. The van der Waals surface area contributed by atoms with Gasteiger partial charge in [-0.05, 0) is 30.5 Å². The van der Waals surface area contributed by atoms with Crippen LogP contribution in [0.2, 0.25) is 0 Å². The van der Waals surface area contributed by atoms with E-state index in [0.29, 0.717) is 0 Å². The Labute approximate surface area is 121 Å². The van der Waals surface area contributed by atoms with Crippen molar-refractivity contribution in [1.29, 1.82) is 0 Å². The van der Waals surface area contributed by atoms with Crippen LogP contribution in [0.4, 0.5) is 5.82 Å². The van der Waals surface area contributed by atoms with Gasteiger partial charge in [-0.2, -0.15) is 0 Å². The molecule has 1 saturated heterocycles. The van der Waals surface area contributed by atoms with Crippen molar-refractivity contribution in [2.75, 3.05) is 25.1 Å². The predicted molar refractivity (Wildman–Crippen MR) is 81.1 cm³/mol. The predicted octanol–water partition coefficient (Wildman–Crippen LogP) is 2.49. The Morgan fingerprint density at radius 3 is 2.75 bits per heavy atom. The molecule has 1 fully saturated rings. The van der Waals surface area contributed by atoms with Gasteiger partial charge in [0, 0.05) is 31.3 Å². The number of piperidine rings is 1. The zero-order valence-electron chi connectivity index (χ0n) is 13.0. The summed E-state index contributed by atoms with van der Waals surface area (Å²) in [6, 6.07) is 3.99. The summed E-state index contributed by atoms with van der Waals surface area (Å²) < 4.78 is 5.48. The molecule has 1 atom stereocenters. The lowest BCUT2D eigenvalue weighted by Gasteiger charge is -2.33. The van der Waals surface area contributed by atoms with Gasteiger partial charge in [0.25, 0.3) is 0 Å². The first kappa shape index (κ1) is 15.3. The fourth-order valence-corrected chi connectivity index (χ4v) is 2.55. The summed E-state index contributed by atoms with van der Waals surface area (Å²) in [6.45, 7) is 8.38. The number of pyridine rings is 1. The molecular formula is C16H26N2O2. The van der Waals surface area contributed by atoms with Crippen LogP contribution < -0.4 is 4.90 Å². The van der Waals surface area contributed by atoms with Crippen LogP contribution in [0.3, 0.4) is 0 Å². The number of anilines is 1. The summed E-state index contributed by atoms with van der Waals surface area (Å²) in [6.07, 6.45) is 2.51. The first-order valence-electron chi connectivity index (χ1n) is 7.34. The minimum absolute atomic E-state index is 0.0175. The van der Waals surface area contributed by atoms with Gasteiger partial charge in [0.05, 0.1) is 12.7 Å². The Bertz CT molecular complexity index is 454. The molecule has 1 unspecified atom stereocenters. The highest BCUT2D eigenvalue weighted by Crippen LogP contribution is 2.26. The topological polar surface area (TPSA) is 45.6 Å². The van der Waals surface area contributed by atoms with Crippen molar-refractivity contribution in [1.82, 2.24) is 4.98 Å². The average Bonchev–Trinajstić information content (AvgIpc) is 2.46. The van der Waals surface area contributed by atoms with Gasteiger partial charge in [-0.3, -0.25) is 0 Å². The average molecular weight is 278 g/mol. The molecule has 0 aliphatic carbocycles. The van der Waals surface area contributed by atoms with Crippen molar-refractivity contribution in [2.24, 2.45) is 0 Å². The van der Waals surface area contributed by atoms with Gasteiger partial charge in [-0.15, -0.1) is 0 Å². The molecule has 112 valence electrons. The van der Waals surface area contributed by atoms with E-state index in [2.05, 4.69) is 25.7 Å². The zero-order valence-corrected chi connectivity index (χ0v) is 13.0. The first-order valence-corrected chi connectivity index (χ1v) is 7.34. The van der Waals surface area contributed by atoms with E-state index < -0.39 is 0 Å². The van der Waals surface area contributed by atoms with Crippen molar-refractivity contribution in [3.63, 3.8) is 0 Å². The molecule has 0 saturated carbocycles. The molecule has 0 bridgehead atoms. The van der Waals surface area contributed by atoms with Crippen molar-refractivity contribution in [3.05, 3.63) is 23.4 Å². The van der Waals surface area contributed by atoms with Gasteiger partial charge in [-0.1, -0.05) is 20.8 Å². The molecular weight excluding hydrogens is 252 g/mol. The summed E-state index contributed by atoms with van der Waals surface area (Å²) in [4.78, 5) is 7.07. The molecule has 2 rings (SSSR count). The number of methoxy groups -OCH3 is 1. The van der Waals surface area contributed by atoms with Crippen molar-refractivity contribution >= 4 is 5.82 Å². The first-order chi connectivity index (χ1) is 9.44. The highest BCUT2D eigenvalue weighted by molar-refractivity contribution is 5.44. The van der Waals surface area contributed by atoms with Gasteiger partial charge in [0.15, 0.2) is 0 Å². The van der Waals surface area contributed by atoms with Gasteiger partial charge in [0.1, 0.15) is 5.82 Å². The van der Waals surface area contributed by atoms with Gasteiger partial charge in [0.2, 0.25) is 0 Å². The Kier molecular flexibility index (Phi) is 4.66. The normalized spacial score (nSPS) is 20.2. The van der Waals surface area contributed by atoms with Crippen LogP contribution >= 0.6 is 0 Å². The summed E-state index contributed by atoms with van der Waals surface area (Å²) in [5.41, 5.74) is 1.94. The van der Waals surface area contributed by atoms with Gasteiger partial charge >= 0.3 is 0 Å². The van der Waals surface area contributed by atoms with E-state index in [1.165, 1.54) is 0 Å². The van der Waals surface area contributed by atoms with Crippen molar-refractivity contribution in [2.45, 2.75) is 51.7 Å². The minimum atomic E-state index is -0.0175. The standard InChI is InChI=1S/C16H26N2O2/c1-16(2,3)14-8-12(11-19)9-15(17-14)18-7-5-6-13(10-18)20-4/h8-9,13,19H,5-7,10-11H2,1-4H3. The van der Waals surface area contributed by atoms with E-state index in [1.807, 2.05) is 12.1 Å². The number of hydrogen-bond donors (Lipinski definition) is 1. The number of ether oxygens (including phenoxy) is 1. The number of aliphatic hydroxyl groups is 1. The monoisotopic (exact) mass is 278 g/mol. The van der Waals surface area contributed by atoms with Gasteiger partial charge in [-0.25, -0.2) is 4.98 Å².